The van der Waals surface area contributed by atoms with Gasteiger partial charge in [0, 0.05) is 18.8 Å². The Bertz CT molecular complexity index is 1280. The number of anilines is 3. The second kappa shape index (κ2) is 11.0. The molecule has 3 aromatic rings. The van der Waals surface area contributed by atoms with Gasteiger partial charge in [0.1, 0.15) is 28.8 Å². The molecule has 0 aliphatic rings. The van der Waals surface area contributed by atoms with E-state index >= 15 is 0 Å². The molecule has 2 amide bonds. The van der Waals surface area contributed by atoms with E-state index in [1.54, 1.807) is 53.1 Å². The first-order valence-corrected chi connectivity index (χ1v) is 11.1. The Labute approximate surface area is 207 Å². The zero-order valence-electron chi connectivity index (χ0n) is 19.9. The van der Waals surface area contributed by atoms with Gasteiger partial charge in [-0.15, -0.1) is 0 Å². The topological polar surface area (TPSA) is 158 Å². The van der Waals surface area contributed by atoms with Gasteiger partial charge >= 0.3 is 0 Å². The summed E-state index contributed by atoms with van der Waals surface area (Å²) < 4.78 is 0. The van der Waals surface area contributed by atoms with Crippen molar-refractivity contribution in [1.29, 1.82) is 5.41 Å². The van der Waals surface area contributed by atoms with Gasteiger partial charge in [0.05, 0.1) is 28.2 Å². The molecule has 11 nitrogen and oxygen atoms in total. The Morgan fingerprint density at radius 3 is 2.31 bits per heavy atom. The molecule has 0 saturated heterocycles. The molecule has 0 saturated carbocycles. The van der Waals surface area contributed by atoms with Crippen LogP contribution in [-0.4, -0.2) is 57.6 Å². The van der Waals surface area contributed by atoms with Crippen molar-refractivity contribution in [2.45, 2.75) is 26.8 Å². The quantitative estimate of drug-likeness (QED) is 0.298. The van der Waals surface area contributed by atoms with Crippen LogP contribution in [0.5, 0.6) is 0 Å². The first-order chi connectivity index (χ1) is 16.6. The van der Waals surface area contributed by atoms with Crippen LogP contribution in [0.3, 0.4) is 0 Å². The average molecular weight is 496 g/mol. The first-order valence-electron chi connectivity index (χ1n) is 10.7. The van der Waals surface area contributed by atoms with Gasteiger partial charge in [0.25, 0.3) is 5.91 Å². The van der Waals surface area contributed by atoms with Gasteiger partial charge in [0.15, 0.2) is 0 Å². The molecule has 3 rings (SSSR count). The number of amides is 2. The van der Waals surface area contributed by atoms with Crippen molar-refractivity contribution in [3.63, 3.8) is 0 Å². The minimum atomic E-state index is -0.504. The van der Waals surface area contributed by atoms with E-state index in [2.05, 4.69) is 41.2 Å². The molecule has 0 radical (unpaired) electrons. The van der Waals surface area contributed by atoms with Gasteiger partial charge < -0.3 is 26.7 Å². The molecule has 1 unspecified atom stereocenters. The van der Waals surface area contributed by atoms with E-state index in [1.807, 2.05) is 0 Å². The number of aryl methyl sites for hydroxylation is 1. The monoisotopic (exact) mass is 495 g/mol. The van der Waals surface area contributed by atoms with Crippen LogP contribution in [0.2, 0.25) is 5.02 Å². The lowest BCUT2D eigenvalue weighted by atomic mass is 10.1. The van der Waals surface area contributed by atoms with Crippen molar-refractivity contribution in [3.05, 3.63) is 52.7 Å². The fourth-order valence-corrected chi connectivity index (χ4v) is 3.25. The number of hydrogen-bond acceptors (Lipinski definition) is 9. The van der Waals surface area contributed by atoms with Gasteiger partial charge in [-0.2, -0.15) is 0 Å². The van der Waals surface area contributed by atoms with Crippen LogP contribution in [0, 0.1) is 12.3 Å². The third kappa shape index (κ3) is 6.14. The lowest BCUT2D eigenvalue weighted by molar-refractivity contribution is -0.117. The van der Waals surface area contributed by atoms with E-state index in [0.29, 0.717) is 33.5 Å². The molecule has 0 aliphatic heterocycles. The summed E-state index contributed by atoms with van der Waals surface area (Å²) in [4.78, 5) is 42.6. The van der Waals surface area contributed by atoms with Crippen molar-refractivity contribution < 1.29 is 9.59 Å². The Kier molecular flexibility index (Phi) is 8.05. The van der Waals surface area contributed by atoms with Gasteiger partial charge in [-0.1, -0.05) is 11.6 Å². The first kappa shape index (κ1) is 25.7. The van der Waals surface area contributed by atoms with Gasteiger partial charge in [0.2, 0.25) is 5.91 Å². The Balaban J connectivity index is 2.11. The lowest BCUT2D eigenvalue weighted by Gasteiger charge is -2.16. The number of pyridine rings is 2. The van der Waals surface area contributed by atoms with Crippen molar-refractivity contribution >= 4 is 46.5 Å². The highest BCUT2D eigenvalue weighted by molar-refractivity contribution is 6.30. The molecule has 0 bridgehead atoms. The minimum absolute atomic E-state index is 0.145. The highest BCUT2D eigenvalue weighted by Gasteiger charge is 2.19. The number of nitrogens with one attached hydrogen (secondary N) is 5. The number of nitrogens with zero attached hydrogens (tertiary/aromatic N) is 4. The fraction of sp³-hybridized carbons (Fsp3) is 0.261. The molecular formula is C23H26ClN9O2. The molecule has 182 valence electrons. The summed E-state index contributed by atoms with van der Waals surface area (Å²) in [5, 5.41) is 19.9. The minimum Gasteiger partial charge on any atom is -0.385 e. The van der Waals surface area contributed by atoms with Crippen LogP contribution in [0.4, 0.5) is 17.3 Å². The van der Waals surface area contributed by atoms with Gasteiger partial charge in [-0.05, 0) is 52.1 Å². The molecule has 0 spiro atoms. The van der Waals surface area contributed by atoms with Crippen LogP contribution in [0.25, 0.3) is 11.3 Å². The number of rotatable bonds is 8. The molecule has 0 aliphatic carbocycles. The summed E-state index contributed by atoms with van der Waals surface area (Å²) in [5.74, 6) is 0.0275. The van der Waals surface area contributed by atoms with Crippen LogP contribution >= 0.6 is 11.6 Å². The summed E-state index contributed by atoms with van der Waals surface area (Å²) in [7, 11) is 3.38. The Morgan fingerprint density at radius 2 is 1.74 bits per heavy atom. The predicted octanol–water partition coefficient (Wildman–Crippen LogP) is 3.12. The van der Waals surface area contributed by atoms with Crippen molar-refractivity contribution in [2.24, 2.45) is 0 Å². The van der Waals surface area contributed by atoms with Crippen molar-refractivity contribution in [3.8, 4) is 11.3 Å². The highest BCUT2D eigenvalue weighted by Crippen LogP contribution is 2.31. The number of halogens is 1. The standard InChI is InChI=1S/C23H26ClN9O2/c1-11(25)19-21(27-5)20(30-13(3)29-19)14-8-17(32-22(34)12(2)26-4)31-18(9-14)33-23(35)16-7-6-15(24)10-28-16/h6-10,12,25-27H,1-5H3,(H2,31,32,33,34,35). The smallest absolute Gasteiger partial charge is 0.275 e. The largest absolute Gasteiger partial charge is 0.385 e. The summed E-state index contributed by atoms with van der Waals surface area (Å²) in [6.45, 7) is 5.07. The lowest BCUT2D eigenvalue weighted by Crippen LogP contribution is -2.35. The predicted molar refractivity (Wildman–Crippen MR) is 136 cm³/mol. The van der Waals surface area contributed by atoms with E-state index in [1.165, 1.54) is 12.3 Å². The maximum absolute atomic E-state index is 12.8. The second-order valence-corrected chi connectivity index (χ2v) is 8.10. The molecule has 12 heteroatoms. The summed E-state index contributed by atoms with van der Waals surface area (Å²) >= 11 is 5.86. The van der Waals surface area contributed by atoms with Crippen LogP contribution in [-0.2, 0) is 4.79 Å². The summed E-state index contributed by atoms with van der Waals surface area (Å²) in [6.07, 6.45) is 1.37. The van der Waals surface area contributed by atoms with Crippen LogP contribution in [0.1, 0.15) is 35.9 Å². The third-order valence-corrected chi connectivity index (χ3v) is 5.23. The molecule has 35 heavy (non-hydrogen) atoms. The molecular weight excluding hydrogens is 470 g/mol. The average Bonchev–Trinajstić information content (AvgIpc) is 2.83. The maximum atomic E-state index is 12.8. The number of aromatic nitrogens is 4. The molecule has 3 aromatic heterocycles. The fourth-order valence-electron chi connectivity index (χ4n) is 3.14. The van der Waals surface area contributed by atoms with E-state index in [9.17, 15) is 9.59 Å². The zero-order valence-corrected chi connectivity index (χ0v) is 20.7. The molecule has 0 aromatic carbocycles. The number of hydrogen-bond donors (Lipinski definition) is 5. The zero-order chi connectivity index (χ0) is 25.7. The Morgan fingerprint density at radius 1 is 1.06 bits per heavy atom. The van der Waals surface area contributed by atoms with Crippen molar-refractivity contribution in [2.75, 3.05) is 30.0 Å². The van der Waals surface area contributed by atoms with E-state index in [4.69, 9.17) is 17.0 Å². The second-order valence-electron chi connectivity index (χ2n) is 7.66. The van der Waals surface area contributed by atoms with Crippen LogP contribution < -0.4 is 21.3 Å². The number of likely N-dealkylation sites (N-methyl/N-ethyl adjacent to an activating group) is 1. The van der Waals surface area contributed by atoms with E-state index in [0.717, 1.165) is 0 Å². The Hall–Kier alpha value is -3.96. The normalized spacial score (nSPS) is 11.5. The van der Waals surface area contributed by atoms with Gasteiger partial charge in [-0.25, -0.2) is 19.9 Å². The third-order valence-electron chi connectivity index (χ3n) is 5.00. The van der Waals surface area contributed by atoms with E-state index < -0.39 is 11.9 Å². The summed E-state index contributed by atoms with van der Waals surface area (Å²) in [6, 6.07) is 5.84. The number of carbonyl (C=O) groups is 2. The highest BCUT2D eigenvalue weighted by atomic mass is 35.5. The van der Waals surface area contributed by atoms with Crippen LogP contribution in [0.15, 0.2) is 30.5 Å². The molecule has 1 atom stereocenters. The maximum Gasteiger partial charge on any atom is 0.275 e. The van der Waals surface area contributed by atoms with E-state index in [-0.39, 0.29) is 28.9 Å². The molecule has 3 heterocycles. The molecule has 0 fully saturated rings. The SMILES string of the molecule is CNc1c(C(C)=N)nc(C)nc1-c1cc(NC(=O)c2ccc(Cl)cn2)nc(NC(=O)C(C)NC)c1. The van der Waals surface area contributed by atoms with Gasteiger partial charge in [-0.3, -0.25) is 9.59 Å². The molecule has 5 N–H and O–H groups in total. The summed E-state index contributed by atoms with van der Waals surface area (Å²) in [5.41, 5.74) is 2.41. The number of carbonyl (C=O) groups excluding carboxylic acids is 2. The van der Waals surface area contributed by atoms with Crippen molar-refractivity contribution in [1.82, 2.24) is 25.3 Å².